The predicted octanol–water partition coefficient (Wildman–Crippen LogP) is 3.33. The molecule has 2 heterocycles. The molecule has 0 aliphatic carbocycles. The molecule has 0 unspecified atom stereocenters. The summed E-state index contributed by atoms with van der Waals surface area (Å²) in [5.41, 5.74) is 3.50. The number of guanidine groups is 1. The first kappa shape index (κ1) is 26.3. The van der Waals surface area contributed by atoms with E-state index in [4.69, 9.17) is 9.73 Å². The van der Waals surface area contributed by atoms with Gasteiger partial charge in [-0.2, -0.15) is 5.10 Å². The molecule has 32 heavy (non-hydrogen) atoms. The highest BCUT2D eigenvalue weighted by Gasteiger charge is 2.22. The minimum Gasteiger partial charge on any atom is -0.383 e. The van der Waals surface area contributed by atoms with Gasteiger partial charge in [-0.25, -0.2) is 13.8 Å². The molecule has 0 atom stereocenters. The van der Waals surface area contributed by atoms with Crippen LogP contribution in [0.2, 0.25) is 0 Å². The molecule has 0 spiro atoms. The molecule has 0 radical (unpaired) electrons. The van der Waals surface area contributed by atoms with E-state index in [9.17, 15) is 8.78 Å². The van der Waals surface area contributed by atoms with Crippen molar-refractivity contribution in [1.29, 1.82) is 0 Å². The number of nitrogens with one attached hydrogen (secondary N) is 1. The molecule has 178 valence electrons. The SMILES string of the molecule is CCNC(=NCc1c(C)nn(CCOC)c1C)N1CCN(c2cc(F)ccc2F)CC1.I. The van der Waals surface area contributed by atoms with Crippen molar-refractivity contribution in [3.63, 3.8) is 0 Å². The summed E-state index contributed by atoms with van der Waals surface area (Å²) in [5, 5.41) is 7.96. The molecule has 10 heteroatoms. The Morgan fingerprint density at radius 2 is 1.91 bits per heavy atom. The van der Waals surface area contributed by atoms with Crippen molar-refractivity contribution in [3.05, 3.63) is 46.8 Å². The van der Waals surface area contributed by atoms with Crippen LogP contribution in [0.1, 0.15) is 23.9 Å². The number of piperazine rings is 1. The molecule has 1 aliphatic heterocycles. The standard InChI is InChI=1S/C22H32F2N6O.HI/c1-5-25-22(26-15-19-16(2)27-30(17(19)3)12-13-31-4)29-10-8-28(9-11-29)21-14-18(23)6-7-20(21)24;/h6-7,14H,5,8-13,15H2,1-4H3,(H,25,26);1H. The fourth-order valence-electron chi connectivity index (χ4n) is 3.83. The molecule has 0 saturated carbocycles. The Labute approximate surface area is 205 Å². The number of aryl methyl sites for hydroxylation is 1. The molecule has 1 fully saturated rings. The Morgan fingerprint density at radius 1 is 1.19 bits per heavy atom. The second-order valence-corrected chi connectivity index (χ2v) is 7.61. The highest BCUT2D eigenvalue weighted by Crippen LogP contribution is 2.22. The Kier molecular flexibility index (Phi) is 10.1. The van der Waals surface area contributed by atoms with Crippen LogP contribution in [0.4, 0.5) is 14.5 Å². The topological polar surface area (TPSA) is 57.9 Å². The zero-order valence-electron chi connectivity index (χ0n) is 19.2. The fourth-order valence-corrected chi connectivity index (χ4v) is 3.83. The van der Waals surface area contributed by atoms with Gasteiger partial charge < -0.3 is 19.9 Å². The van der Waals surface area contributed by atoms with Crippen LogP contribution in [0.3, 0.4) is 0 Å². The third-order valence-electron chi connectivity index (χ3n) is 5.59. The lowest BCUT2D eigenvalue weighted by molar-refractivity contribution is 0.182. The lowest BCUT2D eigenvalue weighted by Gasteiger charge is -2.37. The summed E-state index contributed by atoms with van der Waals surface area (Å²) in [5.74, 6) is 0.00248. The van der Waals surface area contributed by atoms with Crippen molar-refractivity contribution >= 4 is 35.6 Å². The molecule has 1 N–H and O–H groups in total. The van der Waals surface area contributed by atoms with Crippen molar-refractivity contribution in [1.82, 2.24) is 20.0 Å². The molecule has 0 amide bonds. The first-order chi connectivity index (χ1) is 14.9. The van der Waals surface area contributed by atoms with Gasteiger partial charge in [0.2, 0.25) is 0 Å². The number of nitrogens with zero attached hydrogens (tertiary/aromatic N) is 5. The number of rotatable bonds is 7. The maximum Gasteiger partial charge on any atom is 0.194 e. The van der Waals surface area contributed by atoms with Crippen LogP contribution in [0.15, 0.2) is 23.2 Å². The van der Waals surface area contributed by atoms with Gasteiger partial charge in [0.25, 0.3) is 0 Å². The molecule has 1 aromatic heterocycles. The maximum atomic E-state index is 14.1. The lowest BCUT2D eigenvalue weighted by atomic mass is 10.2. The number of aromatic nitrogens is 2. The van der Waals surface area contributed by atoms with Crippen LogP contribution in [0.5, 0.6) is 0 Å². The van der Waals surface area contributed by atoms with Crippen molar-refractivity contribution in [3.8, 4) is 0 Å². The second-order valence-electron chi connectivity index (χ2n) is 7.61. The zero-order valence-corrected chi connectivity index (χ0v) is 21.5. The Morgan fingerprint density at radius 3 is 2.56 bits per heavy atom. The minimum atomic E-state index is -0.425. The molecule has 0 bridgehead atoms. The highest BCUT2D eigenvalue weighted by atomic mass is 127. The Bertz CT molecular complexity index is 912. The van der Waals surface area contributed by atoms with Gasteiger partial charge in [-0.1, -0.05) is 0 Å². The summed E-state index contributed by atoms with van der Waals surface area (Å²) >= 11 is 0. The van der Waals surface area contributed by atoms with E-state index in [1.165, 1.54) is 12.1 Å². The number of methoxy groups -OCH3 is 1. The second kappa shape index (κ2) is 12.3. The largest absolute Gasteiger partial charge is 0.383 e. The van der Waals surface area contributed by atoms with Gasteiger partial charge in [0.1, 0.15) is 11.6 Å². The van der Waals surface area contributed by atoms with Gasteiger partial charge >= 0.3 is 0 Å². The molecule has 2 aromatic rings. The van der Waals surface area contributed by atoms with Gasteiger partial charge in [-0.15, -0.1) is 24.0 Å². The van der Waals surface area contributed by atoms with E-state index in [0.717, 1.165) is 35.5 Å². The molecule has 1 saturated heterocycles. The van der Waals surface area contributed by atoms with Crippen LogP contribution in [0, 0.1) is 25.5 Å². The molecule has 3 rings (SSSR count). The van der Waals surface area contributed by atoms with E-state index in [1.807, 2.05) is 23.4 Å². The fraction of sp³-hybridized carbons (Fsp3) is 0.545. The lowest BCUT2D eigenvalue weighted by Crippen LogP contribution is -2.52. The number of anilines is 1. The third kappa shape index (κ3) is 6.31. The first-order valence-electron chi connectivity index (χ1n) is 10.7. The van der Waals surface area contributed by atoms with Gasteiger partial charge in [0.15, 0.2) is 5.96 Å². The third-order valence-corrected chi connectivity index (χ3v) is 5.59. The summed E-state index contributed by atoms with van der Waals surface area (Å²) in [6, 6.07) is 3.59. The van der Waals surface area contributed by atoms with E-state index in [-0.39, 0.29) is 24.0 Å². The summed E-state index contributed by atoms with van der Waals surface area (Å²) < 4.78 is 34.8. The zero-order chi connectivity index (χ0) is 22.4. The monoisotopic (exact) mass is 562 g/mol. The highest BCUT2D eigenvalue weighted by molar-refractivity contribution is 14.0. The van der Waals surface area contributed by atoms with Crippen LogP contribution < -0.4 is 10.2 Å². The normalized spacial score (nSPS) is 14.5. The van der Waals surface area contributed by atoms with E-state index in [0.29, 0.717) is 51.6 Å². The molecule has 1 aromatic carbocycles. The van der Waals surface area contributed by atoms with E-state index >= 15 is 0 Å². The van der Waals surface area contributed by atoms with E-state index < -0.39 is 11.6 Å². The first-order valence-corrected chi connectivity index (χ1v) is 10.7. The molecular weight excluding hydrogens is 529 g/mol. The summed E-state index contributed by atoms with van der Waals surface area (Å²) in [7, 11) is 1.68. The number of benzene rings is 1. The van der Waals surface area contributed by atoms with Gasteiger partial charge in [-0.05, 0) is 32.9 Å². The average molecular weight is 562 g/mol. The van der Waals surface area contributed by atoms with Gasteiger partial charge in [0, 0.05) is 57.2 Å². The van der Waals surface area contributed by atoms with Gasteiger partial charge in [-0.3, -0.25) is 4.68 Å². The molecule has 1 aliphatic rings. The summed E-state index contributed by atoms with van der Waals surface area (Å²) in [6.45, 7) is 11.2. The number of halogens is 3. The molecule has 7 nitrogen and oxygen atoms in total. The number of hydrogen-bond acceptors (Lipinski definition) is 4. The quantitative estimate of drug-likeness (QED) is 0.319. The Balaban J connectivity index is 0.00000363. The van der Waals surface area contributed by atoms with Crippen LogP contribution in [0.25, 0.3) is 0 Å². The number of aliphatic imine (C=N–C) groups is 1. The van der Waals surface area contributed by atoms with Gasteiger partial charge in [0.05, 0.1) is 31.1 Å². The van der Waals surface area contributed by atoms with Crippen LogP contribution in [-0.4, -0.2) is 67.1 Å². The number of ether oxygens (including phenoxy) is 1. The van der Waals surface area contributed by atoms with Crippen molar-refractivity contribution in [2.75, 3.05) is 51.3 Å². The summed E-state index contributed by atoms with van der Waals surface area (Å²) in [4.78, 5) is 8.89. The number of hydrogen-bond donors (Lipinski definition) is 1. The molecular formula is C22H33F2IN6O. The van der Waals surface area contributed by atoms with Crippen LogP contribution >= 0.6 is 24.0 Å². The van der Waals surface area contributed by atoms with Crippen molar-refractivity contribution < 1.29 is 13.5 Å². The summed E-state index contributed by atoms with van der Waals surface area (Å²) in [6.07, 6.45) is 0. The van der Waals surface area contributed by atoms with E-state index in [1.54, 1.807) is 7.11 Å². The maximum absolute atomic E-state index is 14.1. The van der Waals surface area contributed by atoms with Crippen molar-refractivity contribution in [2.45, 2.75) is 33.9 Å². The van der Waals surface area contributed by atoms with E-state index in [2.05, 4.69) is 22.2 Å². The smallest absolute Gasteiger partial charge is 0.194 e. The minimum absolute atomic E-state index is 0. The predicted molar refractivity (Wildman–Crippen MR) is 134 cm³/mol. The van der Waals surface area contributed by atoms with Crippen LogP contribution in [-0.2, 0) is 17.8 Å². The van der Waals surface area contributed by atoms with Crippen molar-refractivity contribution in [2.24, 2.45) is 4.99 Å². The average Bonchev–Trinajstić information content (AvgIpc) is 3.04. The Hall–Kier alpha value is -1.95.